The first-order valence-corrected chi connectivity index (χ1v) is 3.92. The van der Waals surface area contributed by atoms with E-state index in [1.807, 2.05) is 4.68 Å². The molecule has 4 heteroatoms. The molecule has 2 atom stereocenters. The monoisotopic (exact) mass is 152 g/mol. The molecule has 0 bridgehead atoms. The largest absolute Gasteiger partial charge is 0.321 e. The Bertz CT molecular complexity index is 255. The molecule has 0 spiro atoms. The number of hydrogen-bond donors (Lipinski definition) is 1. The molecule has 0 saturated heterocycles. The van der Waals surface area contributed by atoms with Gasteiger partial charge in [-0.1, -0.05) is 6.92 Å². The average molecular weight is 152 g/mol. The maximum atomic E-state index is 5.91. The first-order chi connectivity index (χ1) is 5.29. The molecule has 4 nitrogen and oxygen atoms in total. The standard InChI is InChI=1S/C7H12N4/c1-5-2-3-11-7(6(5)8)9-4-10-11/h4-6H,2-3,8H2,1H3. The molecule has 2 N–H and O–H groups in total. The zero-order valence-electron chi connectivity index (χ0n) is 6.57. The van der Waals surface area contributed by atoms with Gasteiger partial charge in [0, 0.05) is 6.54 Å². The molecule has 1 aliphatic rings. The predicted octanol–water partition coefficient (Wildman–Crippen LogP) is 0.318. The summed E-state index contributed by atoms with van der Waals surface area (Å²) in [5.41, 5.74) is 5.91. The number of hydrogen-bond acceptors (Lipinski definition) is 3. The van der Waals surface area contributed by atoms with Crippen molar-refractivity contribution in [3.63, 3.8) is 0 Å². The van der Waals surface area contributed by atoms with Crippen LogP contribution < -0.4 is 5.73 Å². The van der Waals surface area contributed by atoms with Crippen LogP contribution in [0, 0.1) is 5.92 Å². The maximum Gasteiger partial charge on any atom is 0.144 e. The van der Waals surface area contributed by atoms with Crippen molar-refractivity contribution in [2.75, 3.05) is 0 Å². The minimum absolute atomic E-state index is 0.0752. The van der Waals surface area contributed by atoms with Crippen LogP contribution in [0.1, 0.15) is 25.2 Å². The molecule has 2 unspecified atom stereocenters. The van der Waals surface area contributed by atoms with Crippen LogP contribution in [0.3, 0.4) is 0 Å². The van der Waals surface area contributed by atoms with Gasteiger partial charge >= 0.3 is 0 Å². The molecular weight excluding hydrogens is 140 g/mol. The number of nitrogens with two attached hydrogens (primary N) is 1. The fourth-order valence-electron chi connectivity index (χ4n) is 1.46. The topological polar surface area (TPSA) is 56.7 Å². The number of rotatable bonds is 0. The van der Waals surface area contributed by atoms with E-state index in [-0.39, 0.29) is 6.04 Å². The molecular formula is C7H12N4. The molecule has 11 heavy (non-hydrogen) atoms. The Morgan fingerprint density at radius 2 is 2.55 bits per heavy atom. The van der Waals surface area contributed by atoms with Gasteiger partial charge in [-0.05, 0) is 12.3 Å². The summed E-state index contributed by atoms with van der Waals surface area (Å²) in [6.45, 7) is 3.12. The molecule has 0 amide bonds. The lowest BCUT2D eigenvalue weighted by Crippen LogP contribution is -2.29. The summed E-state index contributed by atoms with van der Waals surface area (Å²) in [5, 5.41) is 4.07. The lowest BCUT2D eigenvalue weighted by molar-refractivity contribution is 0.323. The Balaban J connectivity index is 2.38. The van der Waals surface area contributed by atoms with E-state index in [9.17, 15) is 0 Å². The van der Waals surface area contributed by atoms with E-state index >= 15 is 0 Å². The minimum atomic E-state index is 0.0752. The van der Waals surface area contributed by atoms with Crippen molar-refractivity contribution in [1.29, 1.82) is 0 Å². The Labute approximate surface area is 65.4 Å². The summed E-state index contributed by atoms with van der Waals surface area (Å²) < 4.78 is 1.89. The fourth-order valence-corrected chi connectivity index (χ4v) is 1.46. The van der Waals surface area contributed by atoms with Crippen LogP contribution in [-0.2, 0) is 6.54 Å². The minimum Gasteiger partial charge on any atom is -0.321 e. The van der Waals surface area contributed by atoms with Gasteiger partial charge in [-0.2, -0.15) is 5.10 Å². The van der Waals surface area contributed by atoms with Gasteiger partial charge in [0.1, 0.15) is 12.2 Å². The van der Waals surface area contributed by atoms with E-state index in [1.165, 1.54) is 0 Å². The summed E-state index contributed by atoms with van der Waals surface area (Å²) in [7, 11) is 0. The van der Waals surface area contributed by atoms with Crippen LogP contribution >= 0.6 is 0 Å². The lowest BCUT2D eigenvalue weighted by Gasteiger charge is -2.24. The van der Waals surface area contributed by atoms with Crippen LogP contribution in [0.2, 0.25) is 0 Å². The zero-order chi connectivity index (χ0) is 7.84. The van der Waals surface area contributed by atoms with Gasteiger partial charge in [-0.25, -0.2) is 9.67 Å². The van der Waals surface area contributed by atoms with Gasteiger partial charge in [0.25, 0.3) is 0 Å². The molecule has 0 saturated carbocycles. The third kappa shape index (κ3) is 0.939. The summed E-state index contributed by atoms with van der Waals surface area (Å²) in [6, 6.07) is 0.0752. The Kier molecular flexibility index (Phi) is 1.42. The number of nitrogens with zero attached hydrogens (tertiary/aromatic N) is 3. The average Bonchev–Trinajstić information content (AvgIpc) is 2.45. The Hall–Kier alpha value is -0.900. The van der Waals surface area contributed by atoms with Gasteiger partial charge in [-0.15, -0.1) is 0 Å². The van der Waals surface area contributed by atoms with Crippen LogP contribution in [0.5, 0.6) is 0 Å². The molecule has 0 radical (unpaired) electrons. The second-order valence-corrected chi connectivity index (χ2v) is 3.13. The molecule has 0 fully saturated rings. The summed E-state index contributed by atoms with van der Waals surface area (Å²) in [6.07, 6.45) is 2.69. The van der Waals surface area contributed by atoms with E-state index in [2.05, 4.69) is 17.0 Å². The van der Waals surface area contributed by atoms with Crippen LogP contribution in [0.4, 0.5) is 0 Å². The van der Waals surface area contributed by atoms with Crippen LogP contribution in [0.25, 0.3) is 0 Å². The first-order valence-electron chi connectivity index (χ1n) is 3.92. The molecule has 0 aliphatic carbocycles. The first kappa shape index (κ1) is 6.79. The van der Waals surface area contributed by atoms with Crippen molar-refractivity contribution < 1.29 is 0 Å². The van der Waals surface area contributed by atoms with Gasteiger partial charge < -0.3 is 5.73 Å². The highest BCUT2D eigenvalue weighted by atomic mass is 15.3. The molecule has 1 aliphatic heterocycles. The van der Waals surface area contributed by atoms with E-state index in [0.29, 0.717) is 5.92 Å². The Morgan fingerprint density at radius 1 is 1.73 bits per heavy atom. The van der Waals surface area contributed by atoms with Gasteiger partial charge in [0.05, 0.1) is 6.04 Å². The molecule has 2 rings (SSSR count). The second-order valence-electron chi connectivity index (χ2n) is 3.13. The SMILES string of the molecule is CC1CCn2ncnc2C1N. The third-order valence-corrected chi connectivity index (χ3v) is 2.35. The number of fused-ring (bicyclic) bond motifs is 1. The lowest BCUT2D eigenvalue weighted by atomic mass is 9.96. The Morgan fingerprint density at radius 3 is 3.36 bits per heavy atom. The van der Waals surface area contributed by atoms with Crippen molar-refractivity contribution >= 4 is 0 Å². The summed E-state index contributed by atoms with van der Waals surface area (Å²) in [5.74, 6) is 1.47. The molecule has 1 aromatic rings. The molecule has 2 heterocycles. The van der Waals surface area contributed by atoms with E-state index in [4.69, 9.17) is 5.73 Å². The van der Waals surface area contributed by atoms with Gasteiger partial charge in [0.15, 0.2) is 0 Å². The maximum absolute atomic E-state index is 5.91. The number of aryl methyl sites for hydroxylation is 1. The quantitative estimate of drug-likeness (QED) is 0.582. The summed E-state index contributed by atoms with van der Waals surface area (Å²) in [4.78, 5) is 4.12. The van der Waals surface area contributed by atoms with Gasteiger partial charge in [-0.3, -0.25) is 0 Å². The highest BCUT2D eigenvalue weighted by molar-refractivity contribution is 4.98. The van der Waals surface area contributed by atoms with Crippen molar-refractivity contribution in [2.45, 2.75) is 25.9 Å². The van der Waals surface area contributed by atoms with E-state index in [0.717, 1.165) is 18.8 Å². The van der Waals surface area contributed by atoms with Crippen molar-refractivity contribution in [2.24, 2.45) is 11.7 Å². The summed E-state index contributed by atoms with van der Waals surface area (Å²) >= 11 is 0. The molecule has 60 valence electrons. The third-order valence-electron chi connectivity index (χ3n) is 2.35. The van der Waals surface area contributed by atoms with Crippen molar-refractivity contribution in [1.82, 2.24) is 14.8 Å². The zero-order valence-corrected chi connectivity index (χ0v) is 6.57. The van der Waals surface area contributed by atoms with Crippen molar-refractivity contribution in [3.8, 4) is 0 Å². The van der Waals surface area contributed by atoms with Crippen LogP contribution in [-0.4, -0.2) is 14.8 Å². The van der Waals surface area contributed by atoms with Gasteiger partial charge in [0.2, 0.25) is 0 Å². The second kappa shape index (κ2) is 2.30. The molecule has 0 aromatic carbocycles. The van der Waals surface area contributed by atoms with E-state index < -0.39 is 0 Å². The highest BCUT2D eigenvalue weighted by Gasteiger charge is 2.24. The predicted molar refractivity (Wildman–Crippen MR) is 40.7 cm³/mol. The van der Waals surface area contributed by atoms with E-state index in [1.54, 1.807) is 6.33 Å². The van der Waals surface area contributed by atoms with Crippen molar-refractivity contribution in [3.05, 3.63) is 12.2 Å². The van der Waals surface area contributed by atoms with Crippen LogP contribution in [0.15, 0.2) is 6.33 Å². The molecule has 1 aromatic heterocycles. The number of aromatic nitrogens is 3. The smallest absolute Gasteiger partial charge is 0.144 e. The normalized spacial score (nSPS) is 30.0. The fraction of sp³-hybridized carbons (Fsp3) is 0.714. The highest BCUT2D eigenvalue weighted by Crippen LogP contribution is 2.25.